The van der Waals surface area contributed by atoms with Gasteiger partial charge in [-0.15, -0.1) is 0 Å². The number of nitrogens with zero attached hydrogens (tertiary/aromatic N) is 2. The lowest BCUT2D eigenvalue weighted by atomic mass is 10.2. The van der Waals surface area contributed by atoms with Crippen LogP contribution in [0, 0.1) is 19.7 Å². The van der Waals surface area contributed by atoms with E-state index in [-0.39, 0.29) is 11.7 Å². The molecule has 1 aliphatic rings. The molecule has 32 heavy (non-hydrogen) atoms. The van der Waals surface area contributed by atoms with Crippen molar-refractivity contribution in [2.45, 2.75) is 20.8 Å². The number of rotatable bonds is 5. The van der Waals surface area contributed by atoms with E-state index >= 15 is 0 Å². The van der Waals surface area contributed by atoms with Gasteiger partial charge in [0.25, 0.3) is 5.91 Å². The van der Waals surface area contributed by atoms with Crippen LogP contribution in [-0.2, 0) is 4.79 Å². The number of aliphatic imine (C=N–C) groups is 1. The van der Waals surface area contributed by atoms with Crippen molar-refractivity contribution in [3.8, 4) is 11.4 Å². The monoisotopic (exact) mass is 513 g/mol. The summed E-state index contributed by atoms with van der Waals surface area (Å²) >= 11 is 4.57. The van der Waals surface area contributed by atoms with Gasteiger partial charge in [0, 0.05) is 15.9 Å². The number of hydrogen-bond donors (Lipinski definition) is 1. The molecule has 8 heteroatoms. The van der Waals surface area contributed by atoms with Gasteiger partial charge in [-0.25, -0.2) is 9.38 Å². The van der Waals surface area contributed by atoms with Crippen LogP contribution >= 0.6 is 27.7 Å². The van der Waals surface area contributed by atoms with Crippen molar-refractivity contribution in [3.05, 3.63) is 80.7 Å². The van der Waals surface area contributed by atoms with Crippen LogP contribution in [0.5, 0.6) is 5.75 Å². The summed E-state index contributed by atoms with van der Waals surface area (Å²) in [4.78, 5) is 17.5. The minimum atomic E-state index is -0.321. The predicted molar refractivity (Wildman–Crippen MR) is 131 cm³/mol. The first-order valence-corrected chi connectivity index (χ1v) is 11.6. The summed E-state index contributed by atoms with van der Waals surface area (Å²) in [6.07, 6.45) is 1.82. The third-order valence-electron chi connectivity index (χ3n) is 4.94. The van der Waals surface area contributed by atoms with E-state index in [2.05, 4.69) is 26.2 Å². The van der Waals surface area contributed by atoms with Crippen molar-refractivity contribution in [2.24, 2.45) is 4.99 Å². The number of hydrogen-bond acceptors (Lipinski definition) is 4. The first-order valence-electron chi connectivity index (χ1n) is 10.0. The number of carbonyl (C=O) groups excluding carboxylic acids is 1. The SMILES string of the molecule is CCOc1ccc(N=C2NC(=O)/C(=C\c3cc(C)n(-c4ccc(Br)cc4F)c3C)S2)cc1. The van der Waals surface area contributed by atoms with Crippen LogP contribution in [0.4, 0.5) is 10.1 Å². The third kappa shape index (κ3) is 4.66. The molecule has 4 rings (SSSR count). The van der Waals surface area contributed by atoms with E-state index in [0.29, 0.717) is 26.8 Å². The van der Waals surface area contributed by atoms with Crippen molar-refractivity contribution in [1.82, 2.24) is 9.88 Å². The minimum absolute atomic E-state index is 0.209. The van der Waals surface area contributed by atoms with Crippen LogP contribution in [0.25, 0.3) is 11.8 Å². The lowest BCUT2D eigenvalue weighted by molar-refractivity contribution is -0.115. The lowest BCUT2D eigenvalue weighted by Gasteiger charge is -2.11. The zero-order valence-electron chi connectivity index (χ0n) is 17.8. The van der Waals surface area contributed by atoms with Crippen molar-refractivity contribution in [2.75, 3.05) is 6.61 Å². The van der Waals surface area contributed by atoms with Gasteiger partial charge in [-0.1, -0.05) is 15.9 Å². The number of aryl methyl sites for hydroxylation is 1. The molecule has 1 saturated heterocycles. The first-order chi connectivity index (χ1) is 15.4. The topological polar surface area (TPSA) is 55.6 Å². The summed E-state index contributed by atoms with van der Waals surface area (Å²) in [5, 5.41) is 3.32. The second-order valence-electron chi connectivity index (χ2n) is 7.17. The molecular formula is C24H21BrFN3O2S. The normalized spacial score (nSPS) is 16.1. The molecule has 5 nitrogen and oxygen atoms in total. The Morgan fingerprint density at radius 3 is 2.62 bits per heavy atom. The highest BCUT2D eigenvalue weighted by Gasteiger charge is 2.25. The summed E-state index contributed by atoms with van der Waals surface area (Å²) in [7, 11) is 0. The molecule has 1 fully saturated rings. The minimum Gasteiger partial charge on any atom is -0.494 e. The molecule has 2 heterocycles. The second-order valence-corrected chi connectivity index (χ2v) is 9.11. The van der Waals surface area contributed by atoms with Gasteiger partial charge in [-0.2, -0.15) is 0 Å². The van der Waals surface area contributed by atoms with Crippen molar-refractivity contribution in [3.63, 3.8) is 0 Å². The standard InChI is InChI=1S/C24H21BrFN3O2S/c1-4-31-19-8-6-18(7-9-19)27-24-28-23(30)22(32-24)12-16-11-14(2)29(15(16)3)21-10-5-17(25)13-20(21)26/h5-13H,4H2,1-3H3,(H,27,28,30)/b22-12+. The Hall–Kier alpha value is -2.84. The van der Waals surface area contributed by atoms with Crippen LogP contribution in [0.3, 0.4) is 0 Å². The smallest absolute Gasteiger partial charge is 0.264 e. The van der Waals surface area contributed by atoms with Gasteiger partial charge in [0.1, 0.15) is 11.6 Å². The van der Waals surface area contributed by atoms with Crippen LogP contribution in [0.15, 0.2) is 62.9 Å². The fourth-order valence-corrected chi connectivity index (χ4v) is 4.66. The molecule has 164 valence electrons. The van der Waals surface area contributed by atoms with Crippen LogP contribution in [0.1, 0.15) is 23.9 Å². The number of halogens is 2. The maximum Gasteiger partial charge on any atom is 0.264 e. The van der Waals surface area contributed by atoms with Crippen LogP contribution in [-0.4, -0.2) is 22.2 Å². The number of ether oxygens (including phenoxy) is 1. The Balaban J connectivity index is 1.60. The highest BCUT2D eigenvalue weighted by atomic mass is 79.9. The fraction of sp³-hybridized carbons (Fsp3) is 0.167. The zero-order chi connectivity index (χ0) is 22.8. The van der Waals surface area contributed by atoms with Crippen LogP contribution in [0.2, 0.25) is 0 Å². The summed E-state index contributed by atoms with van der Waals surface area (Å²) in [6, 6.07) is 14.3. The number of thioether (sulfide) groups is 1. The number of amidine groups is 1. The van der Waals surface area contributed by atoms with E-state index in [0.717, 1.165) is 28.4 Å². The molecule has 1 N–H and O–H groups in total. The summed E-state index contributed by atoms with van der Waals surface area (Å²) in [5.41, 5.74) is 3.77. The number of benzene rings is 2. The molecule has 1 amide bonds. The molecule has 1 aliphatic heterocycles. The van der Waals surface area contributed by atoms with Crippen molar-refractivity contribution < 1.29 is 13.9 Å². The molecular weight excluding hydrogens is 493 g/mol. The lowest BCUT2D eigenvalue weighted by Crippen LogP contribution is -2.19. The highest BCUT2D eigenvalue weighted by molar-refractivity contribution is 9.10. The molecule has 0 saturated carbocycles. The average molecular weight is 514 g/mol. The maximum absolute atomic E-state index is 14.5. The Labute approximate surface area is 198 Å². The highest BCUT2D eigenvalue weighted by Crippen LogP contribution is 2.31. The second kappa shape index (κ2) is 9.34. The van der Waals surface area contributed by atoms with Gasteiger partial charge in [-0.05, 0) is 92.7 Å². The maximum atomic E-state index is 14.5. The summed E-state index contributed by atoms with van der Waals surface area (Å²) in [6.45, 7) is 6.35. The van der Waals surface area contributed by atoms with Gasteiger partial charge in [0.2, 0.25) is 0 Å². The summed E-state index contributed by atoms with van der Waals surface area (Å²) in [5.74, 6) is 0.246. The van der Waals surface area contributed by atoms with Crippen LogP contribution < -0.4 is 10.1 Å². The van der Waals surface area contributed by atoms with Gasteiger partial charge < -0.3 is 14.6 Å². The summed E-state index contributed by atoms with van der Waals surface area (Å²) < 4.78 is 22.5. The largest absolute Gasteiger partial charge is 0.494 e. The van der Waals surface area contributed by atoms with E-state index in [4.69, 9.17) is 4.74 Å². The molecule has 0 bridgehead atoms. The quantitative estimate of drug-likeness (QED) is 0.408. The number of carbonyl (C=O) groups is 1. The molecule has 0 atom stereocenters. The number of aromatic nitrogens is 1. The molecule has 0 unspecified atom stereocenters. The van der Waals surface area contributed by atoms with Crippen molar-refractivity contribution >= 4 is 50.5 Å². The Morgan fingerprint density at radius 2 is 1.94 bits per heavy atom. The Kier molecular flexibility index (Phi) is 6.53. The van der Waals surface area contributed by atoms with E-state index in [1.54, 1.807) is 12.1 Å². The van der Waals surface area contributed by atoms with E-state index in [9.17, 15) is 9.18 Å². The molecule has 2 aromatic carbocycles. The van der Waals surface area contributed by atoms with Gasteiger partial charge in [0.05, 0.1) is 22.9 Å². The number of amides is 1. The fourth-order valence-electron chi connectivity index (χ4n) is 3.49. The Morgan fingerprint density at radius 1 is 1.19 bits per heavy atom. The van der Waals surface area contributed by atoms with Gasteiger partial charge in [0.15, 0.2) is 5.17 Å². The Bertz CT molecular complexity index is 1250. The first kappa shape index (κ1) is 22.4. The van der Waals surface area contributed by atoms with Crippen molar-refractivity contribution in [1.29, 1.82) is 0 Å². The average Bonchev–Trinajstić information content (AvgIpc) is 3.22. The van der Waals surface area contributed by atoms with Gasteiger partial charge >= 0.3 is 0 Å². The number of nitrogens with one attached hydrogen (secondary N) is 1. The zero-order valence-corrected chi connectivity index (χ0v) is 20.2. The van der Waals surface area contributed by atoms with E-state index in [1.807, 2.05) is 61.7 Å². The van der Waals surface area contributed by atoms with E-state index < -0.39 is 0 Å². The molecule has 1 aromatic heterocycles. The molecule has 0 radical (unpaired) electrons. The van der Waals surface area contributed by atoms with Gasteiger partial charge in [-0.3, -0.25) is 4.79 Å². The predicted octanol–water partition coefficient (Wildman–Crippen LogP) is 6.29. The molecule has 3 aromatic rings. The third-order valence-corrected chi connectivity index (χ3v) is 6.34. The van der Waals surface area contributed by atoms with E-state index in [1.165, 1.54) is 17.8 Å². The molecule has 0 aliphatic carbocycles. The molecule has 0 spiro atoms.